The van der Waals surface area contributed by atoms with Crippen molar-refractivity contribution < 1.29 is 37.0 Å². The smallest absolute Gasteiger partial charge is 0.265 e. The largest absolute Gasteiger partial charge is 0.497 e. The van der Waals surface area contributed by atoms with Gasteiger partial charge in [-0.1, -0.05) is 23.7 Å². The van der Waals surface area contributed by atoms with Crippen molar-refractivity contribution in [2.24, 2.45) is 0 Å². The van der Waals surface area contributed by atoms with Gasteiger partial charge in [-0.25, -0.2) is 8.42 Å². The Kier molecular flexibility index (Phi) is 10.9. The molecule has 2 amide bonds. The summed E-state index contributed by atoms with van der Waals surface area (Å²) in [6, 6.07) is 14.6. The van der Waals surface area contributed by atoms with Crippen LogP contribution in [-0.2, 0) is 26.2 Å². The zero-order valence-electron chi connectivity index (χ0n) is 24.2. The molecule has 3 aromatic carbocycles. The predicted octanol–water partition coefficient (Wildman–Crippen LogP) is 3.73. The Morgan fingerprint density at radius 1 is 0.881 bits per heavy atom. The highest BCUT2D eigenvalue weighted by atomic mass is 35.5. The van der Waals surface area contributed by atoms with E-state index in [0.717, 1.165) is 4.31 Å². The van der Waals surface area contributed by atoms with Gasteiger partial charge in [-0.2, -0.15) is 0 Å². The van der Waals surface area contributed by atoms with E-state index in [1.807, 2.05) is 0 Å². The second-order valence-corrected chi connectivity index (χ2v) is 11.3. The molecule has 11 nitrogen and oxygen atoms in total. The third kappa shape index (κ3) is 7.18. The minimum Gasteiger partial charge on any atom is -0.497 e. The zero-order valence-corrected chi connectivity index (χ0v) is 25.8. The van der Waals surface area contributed by atoms with E-state index < -0.39 is 34.4 Å². The van der Waals surface area contributed by atoms with Crippen molar-refractivity contribution in [3.05, 3.63) is 71.2 Å². The first-order valence-electron chi connectivity index (χ1n) is 12.7. The quantitative estimate of drug-likeness (QED) is 0.307. The highest BCUT2D eigenvalue weighted by Crippen LogP contribution is 2.37. The number of rotatable bonds is 13. The van der Waals surface area contributed by atoms with Crippen LogP contribution >= 0.6 is 11.6 Å². The maximum atomic E-state index is 14.3. The van der Waals surface area contributed by atoms with Crippen molar-refractivity contribution in [3.8, 4) is 23.0 Å². The third-order valence-electron chi connectivity index (χ3n) is 6.53. The molecule has 0 heterocycles. The van der Waals surface area contributed by atoms with E-state index >= 15 is 0 Å². The molecule has 1 N–H and O–H groups in total. The van der Waals surface area contributed by atoms with Gasteiger partial charge in [0, 0.05) is 30.7 Å². The molecule has 0 bridgehead atoms. The zero-order chi connectivity index (χ0) is 31.0. The summed E-state index contributed by atoms with van der Waals surface area (Å²) in [5, 5.41) is 2.99. The van der Waals surface area contributed by atoms with Crippen LogP contribution in [0.25, 0.3) is 0 Å². The Labute approximate surface area is 250 Å². The van der Waals surface area contributed by atoms with Gasteiger partial charge in [-0.3, -0.25) is 13.9 Å². The highest BCUT2D eigenvalue weighted by molar-refractivity contribution is 7.92. The number of halogens is 1. The van der Waals surface area contributed by atoms with E-state index in [1.165, 1.54) is 70.7 Å². The fraction of sp³-hybridized carbons (Fsp3) is 0.310. The number of anilines is 1. The topological polar surface area (TPSA) is 124 Å². The van der Waals surface area contributed by atoms with Gasteiger partial charge < -0.3 is 29.2 Å². The van der Waals surface area contributed by atoms with E-state index in [2.05, 4.69) is 5.32 Å². The summed E-state index contributed by atoms with van der Waals surface area (Å²) in [6.45, 7) is 0.871. The fourth-order valence-corrected chi connectivity index (χ4v) is 5.88. The second kappa shape index (κ2) is 14.1. The molecule has 0 spiro atoms. The van der Waals surface area contributed by atoms with Crippen LogP contribution in [0.2, 0.25) is 5.02 Å². The summed E-state index contributed by atoms with van der Waals surface area (Å²) in [4.78, 5) is 27.8. The third-order valence-corrected chi connectivity index (χ3v) is 8.52. The maximum Gasteiger partial charge on any atom is 0.265 e. The molecule has 0 radical (unpaired) electrons. The van der Waals surface area contributed by atoms with Crippen molar-refractivity contribution in [2.45, 2.75) is 24.4 Å². The molecule has 0 saturated carbocycles. The number of nitrogens with one attached hydrogen (secondary N) is 1. The molecule has 0 saturated heterocycles. The summed E-state index contributed by atoms with van der Waals surface area (Å²) < 4.78 is 50.8. The molecule has 3 rings (SSSR count). The molecule has 0 aliphatic heterocycles. The monoisotopic (exact) mass is 619 g/mol. The molecule has 226 valence electrons. The lowest BCUT2D eigenvalue weighted by Gasteiger charge is -2.32. The molecular weight excluding hydrogens is 586 g/mol. The van der Waals surface area contributed by atoms with E-state index in [4.69, 9.17) is 30.5 Å². The molecule has 13 heteroatoms. The molecule has 1 atom stereocenters. The summed E-state index contributed by atoms with van der Waals surface area (Å²) in [6.07, 6.45) is 0. The summed E-state index contributed by atoms with van der Waals surface area (Å²) >= 11 is 6.16. The number of likely N-dealkylation sites (N-methyl/N-ethyl adjacent to an activating group) is 1. The Balaban J connectivity index is 2.18. The number of nitrogens with zero attached hydrogens (tertiary/aromatic N) is 2. The minimum atomic E-state index is -4.44. The first kappa shape index (κ1) is 32.4. The van der Waals surface area contributed by atoms with Crippen LogP contribution in [-0.4, -0.2) is 73.2 Å². The van der Waals surface area contributed by atoms with Crippen molar-refractivity contribution in [1.82, 2.24) is 10.2 Å². The summed E-state index contributed by atoms with van der Waals surface area (Å²) in [5.74, 6) is -0.0734. The van der Waals surface area contributed by atoms with Crippen LogP contribution in [0.3, 0.4) is 0 Å². The lowest BCUT2D eigenvalue weighted by atomic mass is 10.1. The normalized spacial score (nSPS) is 11.7. The van der Waals surface area contributed by atoms with Crippen LogP contribution in [0.5, 0.6) is 23.0 Å². The van der Waals surface area contributed by atoms with Gasteiger partial charge in [0.2, 0.25) is 11.8 Å². The van der Waals surface area contributed by atoms with Crippen molar-refractivity contribution >= 4 is 39.1 Å². The number of hydrogen-bond acceptors (Lipinski definition) is 8. The maximum absolute atomic E-state index is 14.3. The van der Waals surface area contributed by atoms with Crippen LogP contribution < -0.4 is 28.6 Å². The van der Waals surface area contributed by atoms with Gasteiger partial charge in [0.1, 0.15) is 24.1 Å². The van der Waals surface area contributed by atoms with Crippen LogP contribution in [0.4, 0.5) is 5.69 Å². The number of hydrogen-bond donors (Lipinski definition) is 1. The molecule has 0 aliphatic rings. The number of carbonyl (C=O) groups is 2. The SMILES string of the molecule is CNC(=O)[C@H](C)N(Cc1cccc(Cl)c1)C(=O)CN(c1cc(OC)ccc1OC)S(=O)(=O)c1ccc(OC)c(OC)c1. The van der Waals surface area contributed by atoms with Crippen molar-refractivity contribution in [3.63, 3.8) is 0 Å². The van der Waals surface area contributed by atoms with E-state index in [9.17, 15) is 18.0 Å². The van der Waals surface area contributed by atoms with E-state index in [-0.39, 0.29) is 28.6 Å². The molecular formula is C29H34ClN3O8S. The Morgan fingerprint density at radius 3 is 2.14 bits per heavy atom. The summed E-state index contributed by atoms with van der Waals surface area (Å²) in [5.41, 5.74) is 0.704. The standard InChI is InChI=1S/C29H34ClN3O8S/c1-19(29(35)31-2)32(17-20-8-7-9-21(30)14-20)28(34)18-33(24-15-22(38-3)10-12-25(24)39-4)42(36,37)23-11-13-26(40-5)27(16-23)41-6/h7-16,19H,17-18H2,1-6H3,(H,31,35)/t19-/m0/s1. The molecule has 0 aliphatic carbocycles. The average molecular weight is 620 g/mol. The average Bonchev–Trinajstić information content (AvgIpc) is 3.00. The number of amides is 2. The summed E-state index contributed by atoms with van der Waals surface area (Å²) in [7, 11) is 2.65. The highest BCUT2D eigenvalue weighted by Gasteiger charge is 2.34. The van der Waals surface area contributed by atoms with E-state index in [1.54, 1.807) is 37.3 Å². The predicted molar refractivity (Wildman–Crippen MR) is 159 cm³/mol. The molecule has 3 aromatic rings. The van der Waals surface area contributed by atoms with Gasteiger partial charge >= 0.3 is 0 Å². The van der Waals surface area contributed by atoms with Gasteiger partial charge in [-0.05, 0) is 48.9 Å². The number of methoxy groups -OCH3 is 4. The fourth-order valence-electron chi connectivity index (χ4n) is 4.23. The minimum absolute atomic E-state index is 0.00648. The number of carbonyl (C=O) groups excluding carboxylic acids is 2. The van der Waals surface area contributed by atoms with Crippen LogP contribution in [0.1, 0.15) is 12.5 Å². The second-order valence-electron chi connectivity index (χ2n) is 9.01. The van der Waals surface area contributed by atoms with Crippen molar-refractivity contribution in [2.75, 3.05) is 46.3 Å². The van der Waals surface area contributed by atoms with Crippen LogP contribution in [0, 0.1) is 0 Å². The Hall–Kier alpha value is -4.16. The lowest BCUT2D eigenvalue weighted by molar-refractivity contribution is -0.139. The van der Waals surface area contributed by atoms with Gasteiger partial charge in [-0.15, -0.1) is 0 Å². The van der Waals surface area contributed by atoms with Gasteiger partial charge in [0.15, 0.2) is 11.5 Å². The molecule has 0 aromatic heterocycles. The first-order chi connectivity index (χ1) is 20.0. The Morgan fingerprint density at radius 2 is 1.55 bits per heavy atom. The van der Waals surface area contributed by atoms with Gasteiger partial charge in [0.05, 0.1) is 39.0 Å². The van der Waals surface area contributed by atoms with E-state index in [0.29, 0.717) is 22.1 Å². The lowest BCUT2D eigenvalue weighted by Crippen LogP contribution is -2.50. The number of sulfonamides is 1. The Bertz CT molecular complexity index is 1530. The number of ether oxygens (including phenoxy) is 4. The molecule has 42 heavy (non-hydrogen) atoms. The molecule has 0 unspecified atom stereocenters. The van der Waals surface area contributed by atoms with Crippen molar-refractivity contribution in [1.29, 1.82) is 0 Å². The number of benzene rings is 3. The van der Waals surface area contributed by atoms with Crippen LogP contribution in [0.15, 0.2) is 65.6 Å². The first-order valence-corrected chi connectivity index (χ1v) is 14.5. The molecule has 0 fully saturated rings. The van der Waals surface area contributed by atoms with Gasteiger partial charge in [0.25, 0.3) is 10.0 Å².